The van der Waals surface area contributed by atoms with E-state index >= 15 is 0 Å². The Morgan fingerprint density at radius 2 is 2.09 bits per heavy atom. The molecular weight excluding hydrogens is 482 g/mol. The first-order valence-electron chi connectivity index (χ1n) is 10.1. The van der Waals surface area contributed by atoms with Gasteiger partial charge in [-0.2, -0.15) is 10.3 Å². The number of H-pyrrole nitrogens is 1. The minimum absolute atomic E-state index is 0.0619. The fourth-order valence-corrected chi connectivity index (χ4v) is 5.86. The number of nitrogens with zero attached hydrogens (tertiary/aromatic N) is 3. The number of benzene rings is 1. The maximum atomic E-state index is 12.8. The molecule has 0 spiro atoms. The van der Waals surface area contributed by atoms with E-state index in [1.165, 1.54) is 41.5 Å². The second kappa shape index (κ2) is 9.87. The number of β-lactam (4-membered cyclic amide) rings is 1. The van der Waals surface area contributed by atoms with E-state index < -0.39 is 35.2 Å². The van der Waals surface area contributed by atoms with E-state index in [1.54, 1.807) is 24.3 Å². The van der Waals surface area contributed by atoms with Crippen LogP contribution in [-0.2, 0) is 19.2 Å². The number of carboxylic acid groups (broad SMARTS) is 1. The Labute approximate surface area is 202 Å². The van der Waals surface area contributed by atoms with E-state index in [1.807, 2.05) is 0 Å². The summed E-state index contributed by atoms with van der Waals surface area (Å²) >= 11 is 2.69. The largest absolute Gasteiger partial charge is 0.477 e. The SMILES string of the molecule is CC(=O)Nc1ccc(C(N)C(=O)NC2C(=O)N3C(C(=O)O)=C(CSc4cn[nH]n4)CS[C@H]23)cc1. The predicted molar refractivity (Wildman–Crippen MR) is 124 cm³/mol. The third-order valence-electron chi connectivity index (χ3n) is 5.21. The highest BCUT2D eigenvalue weighted by Crippen LogP contribution is 2.41. The van der Waals surface area contributed by atoms with Crippen molar-refractivity contribution in [3.8, 4) is 0 Å². The smallest absolute Gasteiger partial charge is 0.352 e. The van der Waals surface area contributed by atoms with Gasteiger partial charge >= 0.3 is 5.97 Å². The Hall–Kier alpha value is -3.36. The van der Waals surface area contributed by atoms with E-state index in [9.17, 15) is 24.3 Å². The van der Waals surface area contributed by atoms with E-state index in [-0.39, 0.29) is 11.6 Å². The number of carbonyl (C=O) groups is 4. The number of aromatic amines is 1. The van der Waals surface area contributed by atoms with Crippen LogP contribution in [0.2, 0.25) is 0 Å². The molecule has 1 saturated heterocycles. The molecule has 34 heavy (non-hydrogen) atoms. The average molecular weight is 504 g/mol. The summed E-state index contributed by atoms with van der Waals surface area (Å²) in [5.74, 6) is -1.74. The molecule has 1 aromatic carbocycles. The zero-order valence-corrected chi connectivity index (χ0v) is 19.5. The topological polar surface area (TPSA) is 183 Å². The van der Waals surface area contributed by atoms with Gasteiger partial charge in [-0.15, -0.1) is 16.9 Å². The fourth-order valence-electron chi connectivity index (χ4n) is 3.59. The van der Waals surface area contributed by atoms with Crippen molar-refractivity contribution in [1.29, 1.82) is 0 Å². The molecule has 178 valence electrons. The van der Waals surface area contributed by atoms with E-state index in [4.69, 9.17) is 5.73 Å². The van der Waals surface area contributed by atoms with Gasteiger partial charge in [-0.05, 0) is 23.3 Å². The standard InChI is InChI=1S/C20H21N7O5S2/c1-9(28)23-12-4-2-10(3-5-12)14(21)17(29)24-15-18(30)27-16(20(31)32)11(8-34-19(15)27)7-33-13-6-22-26-25-13/h2-6,14-15,19H,7-8,21H2,1H3,(H,23,28)(H,24,29)(H,31,32)(H,22,25,26)/t14?,15?,19-/m1/s1. The van der Waals surface area contributed by atoms with Crippen molar-refractivity contribution in [2.45, 2.75) is 29.4 Å². The number of aliphatic carboxylic acids is 1. The molecular formula is C20H21N7O5S2. The normalized spacial score (nSPS) is 20.3. The van der Waals surface area contributed by atoms with Crippen LogP contribution in [0.15, 0.2) is 46.8 Å². The minimum atomic E-state index is -1.20. The quantitative estimate of drug-likeness (QED) is 0.248. The molecule has 0 bridgehead atoms. The van der Waals surface area contributed by atoms with Crippen molar-refractivity contribution in [1.82, 2.24) is 25.6 Å². The van der Waals surface area contributed by atoms with Crippen molar-refractivity contribution < 1.29 is 24.3 Å². The maximum Gasteiger partial charge on any atom is 0.352 e. The van der Waals surface area contributed by atoms with Gasteiger partial charge in [0.25, 0.3) is 5.91 Å². The first kappa shape index (κ1) is 23.8. The Morgan fingerprint density at radius 1 is 1.35 bits per heavy atom. The lowest BCUT2D eigenvalue weighted by Gasteiger charge is -2.49. The van der Waals surface area contributed by atoms with Crippen LogP contribution in [0.3, 0.4) is 0 Å². The number of amides is 3. The fraction of sp³-hybridized carbons (Fsp3) is 0.300. The number of anilines is 1. The van der Waals surface area contributed by atoms with Gasteiger partial charge in [-0.25, -0.2) is 4.79 Å². The summed E-state index contributed by atoms with van der Waals surface area (Å²) < 4.78 is 0. The molecule has 3 amide bonds. The number of aromatic nitrogens is 3. The molecule has 1 aromatic heterocycles. The van der Waals surface area contributed by atoms with E-state index in [0.29, 0.717) is 33.4 Å². The van der Waals surface area contributed by atoms with Crippen molar-refractivity contribution in [3.05, 3.63) is 47.3 Å². The molecule has 2 unspecified atom stereocenters. The first-order valence-corrected chi connectivity index (χ1v) is 12.1. The van der Waals surface area contributed by atoms with E-state index in [0.717, 1.165) is 0 Å². The Bertz CT molecular complexity index is 1150. The monoisotopic (exact) mass is 503 g/mol. The van der Waals surface area contributed by atoms with Gasteiger partial charge in [-0.3, -0.25) is 19.3 Å². The first-order chi connectivity index (χ1) is 16.3. The maximum absolute atomic E-state index is 12.8. The third kappa shape index (κ3) is 4.78. The number of nitrogens with one attached hydrogen (secondary N) is 3. The van der Waals surface area contributed by atoms with Crippen molar-refractivity contribution >= 4 is 52.9 Å². The van der Waals surface area contributed by atoms with Crippen molar-refractivity contribution in [2.24, 2.45) is 5.73 Å². The lowest BCUT2D eigenvalue weighted by molar-refractivity contribution is -0.150. The zero-order valence-electron chi connectivity index (χ0n) is 17.8. The Kier molecular flexibility index (Phi) is 6.90. The summed E-state index contributed by atoms with van der Waals surface area (Å²) in [5, 5.41) is 25.2. The summed E-state index contributed by atoms with van der Waals surface area (Å²) in [6.07, 6.45) is 1.53. The molecule has 3 heterocycles. The number of carbonyl (C=O) groups excluding carboxylic acids is 3. The van der Waals surface area contributed by atoms with Crippen LogP contribution in [0.4, 0.5) is 5.69 Å². The third-order valence-corrected chi connectivity index (χ3v) is 7.53. The van der Waals surface area contributed by atoms with Crippen LogP contribution in [0, 0.1) is 0 Å². The average Bonchev–Trinajstić information content (AvgIpc) is 3.33. The number of hydrogen-bond donors (Lipinski definition) is 5. The molecule has 1 fully saturated rings. The van der Waals surface area contributed by atoms with Gasteiger partial charge in [0.2, 0.25) is 11.8 Å². The highest BCUT2D eigenvalue weighted by Gasteiger charge is 2.54. The number of carboxylic acids is 1. The van der Waals surface area contributed by atoms with E-state index in [2.05, 4.69) is 26.0 Å². The zero-order chi connectivity index (χ0) is 24.4. The number of hydrogen-bond acceptors (Lipinski definition) is 9. The van der Waals surface area contributed by atoms with Gasteiger partial charge < -0.3 is 21.5 Å². The lowest BCUT2D eigenvalue weighted by Crippen LogP contribution is -2.71. The molecule has 0 radical (unpaired) electrons. The summed E-state index contributed by atoms with van der Waals surface area (Å²) in [5.41, 5.74) is 7.67. The van der Waals surface area contributed by atoms with Crippen LogP contribution < -0.4 is 16.4 Å². The number of rotatable bonds is 8. The molecule has 2 aliphatic rings. The molecule has 2 aliphatic heterocycles. The molecule has 6 N–H and O–H groups in total. The van der Waals surface area contributed by atoms with Crippen molar-refractivity contribution in [3.63, 3.8) is 0 Å². The molecule has 12 nitrogen and oxygen atoms in total. The van der Waals surface area contributed by atoms with Gasteiger partial charge in [-0.1, -0.05) is 23.9 Å². The number of fused-ring (bicyclic) bond motifs is 1. The lowest BCUT2D eigenvalue weighted by atomic mass is 10.0. The molecule has 4 rings (SSSR count). The molecule has 0 aliphatic carbocycles. The molecule has 2 aromatic rings. The van der Waals surface area contributed by atoms with Crippen LogP contribution in [0.5, 0.6) is 0 Å². The second-order valence-electron chi connectivity index (χ2n) is 7.53. The van der Waals surface area contributed by atoms with Crippen LogP contribution in [-0.4, -0.2) is 72.0 Å². The summed E-state index contributed by atoms with van der Waals surface area (Å²) in [4.78, 5) is 49.8. The van der Waals surface area contributed by atoms with Gasteiger partial charge in [0.15, 0.2) is 0 Å². The van der Waals surface area contributed by atoms with Gasteiger partial charge in [0.1, 0.15) is 28.2 Å². The van der Waals surface area contributed by atoms with Gasteiger partial charge in [0.05, 0.1) is 6.20 Å². The summed E-state index contributed by atoms with van der Waals surface area (Å²) in [6, 6.07) is 4.57. The van der Waals surface area contributed by atoms with Crippen LogP contribution >= 0.6 is 23.5 Å². The summed E-state index contributed by atoms with van der Waals surface area (Å²) in [7, 11) is 0. The summed E-state index contributed by atoms with van der Waals surface area (Å²) in [6.45, 7) is 1.39. The molecule has 3 atom stereocenters. The van der Waals surface area contributed by atoms with Crippen molar-refractivity contribution in [2.75, 3.05) is 16.8 Å². The van der Waals surface area contributed by atoms with Gasteiger partial charge in [0, 0.05) is 24.1 Å². The highest BCUT2D eigenvalue weighted by molar-refractivity contribution is 8.01. The molecule has 14 heteroatoms. The predicted octanol–water partition coefficient (Wildman–Crippen LogP) is 0.294. The van der Waals surface area contributed by atoms with Crippen LogP contribution in [0.25, 0.3) is 0 Å². The number of thioether (sulfide) groups is 2. The molecule has 0 saturated carbocycles. The Balaban J connectivity index is 1.41. The second-order valence-corrected chi connectivity index (χ2v) is 9.63. The minimum Gasteiger partial charge on any atom is -0.477 e. The highest BCUT2D eigenvalue weighted by atomic mass is 32.2. The number of nitrogens with two attached hydrogens (primary N) is 1. The van der Waals surface area contributed by atoms with Crippen LogP contribution in [0.1, 0.15) is 18.5 Å². The Morgan fingerprint density at radius 3 is 2.71 bits per heavy atom.